The van der Waals surface area contributed by atoms with Gasteiger partial charge in [0.1, 0.15) is 5.69 Å². The van der Waals surface area contributed by atoms with Crippen LogP contribution in [0.2, 0.25) is 0 Å². The van der Waals surface area contributed by atoms with Crippen molar-refractivity contribution in [1.82, 2.24) is 9.78 Å². The van der Waals surface area contributed by atoms with Gasteiger partial charge in [0, 0.05) is 12.6 Å². The molecule has 0 radical (unpaired) electrons. The summed E-state index contributed by atoms with van der Waals surface area (Å²) in [6.45, 7) is 6.54. The number of rotatable bonds is 6. The van der Waals surface area contributed by atoms with E-state index in [1.807, 2.05) is 13.8 Å². The maximum absolute atomic E-state index is 11.3. The van der Waals surface area contributed by atoms with Gasteiger partial charge in [0.25, 0.3) is 0 Å². The molecule has 110 valence electrons. The summed E-state index contributed by atoms with van der Waals surface area (Å²) in [6, 6.07) is 0.112. The van der Waals surface area contributed by atoms with Crippen LogP contribution in [0.1, 0.15) is 51.3 Å². The van der Waals surface area contributed by atoms with Crippen LogP contribution in [0.25, 0.3) is 0 Å². The second-order valence-electron chi connectivity index (χ2n) is 6.57. The molecule has 0 amide bonds. The number of aryl methyl sites for hydroxylation is 1. The summed E-state index contributed by atoms with van der Waals surface area (Å²) in [4.78, 5) is 11.0. The smallest absolute Gasteiger partial charge is 0.333 e. The maximum Gasteiger partial charge on any atom is 0.333 e. The van der Waals surface area contributed by atoms with Gasteiger partial charge in [0.2, 0.25) is 5.82 Å². The van der Waals surface area contributed by atoms with Crippen LogP contribution >= 0.6 is 0 Å². The molecule has 6 heteroatoms. The first-order valence-electron chi connectivity index (χ1n) is 7.42. The quantitative estimate of drug-likeness (QED) is 0.640. The number of nitrogens with zero attached hydrogens (tertiary/aromatic N) is 3. The minimum atomic E-state index is -0.319. The van der Waals surface area contributed by atoms with E-state index in [4.69, 9.17) is 0 Å². The average Bonchev–Trinajstić information content (AvgIpc) is 3.23. The summed E-state index contributed by atoms with van der Waals surface area (Å²) < 4.78 is 1.75. The van der Waals surface area contributed by atoms with Crippen LogP contribution in [0, 0.1) is 28.4 Å². The molecule has 0 atom stereocenters. The Labute approximate surface area is 118 Å². The van der Waals surface area contributed by atoms with E-state index in [1.54, 1.807) is 11.6 Å². The van der Waals surface area contributed by atoms with Crippen molar-refractivity contribution < 1.29 is 4.92 Å². The maximum atomic E-state index is 11.3. The third-order valence-corrected chi connectivity index (χ3v) is 4.67. The number of aromatic nitrogens is 2. The van der Waals surface area contributed by atoms with E-state index in [9.17, 15) is 10.1 Å². The van der Waals surface area contributed by atoms with Crippen molar-refractivity contribution in [2.75, 3.05) is 11.9 Å². The molecular formula is C14H22N4O2. The number of nitrogens with one attached hydrogen (secondary N) is 1. The zero-order valence-electron chi connectivity index (χ0n) is 12.3. The lowest BCUT2D eigenvalue weighted by atomic mass is 10.0. The normalized spacial score (nSPS) is 20.2. The van der Waals surface area contributed by atoms with Crippen molar-refractivity contribution >= 4 is 11.5 Å². The Morgan fingerprint density at radius 3 is 2.60 bits per heavy atom. The molecule has 0 bridgehead atoms. The molecule has 2 aliphatic carbocycles. The highest BCUT2D eigenvalue weighted by Crippen LogP contribution is 2.61. The fourth-order valence-corrected chi connectivity index (χ4v) is 3.14. The molecule has 1 aromatic heterocycles. The van der Waals surface area contributed by atoms with Crippen LogP contribution in [0.3, 0.4) is 0 Å². The van der Waals surface area contributed by atoms with Gasteiger partial charge in [-0.2, -0.15) is 5.10 Å². The molecule has 0 saturated heterocycles. The van der Waals surface area contributed by atoms with Gasteiger partial charge in [-0.1, -0.05) is 0 Å². The average molecular weight is 278 g/mol. The van der Waals surface area contributed by atoms with E-state index in [0.29, 0.717) is 16.9 Å². The molecule has 1 heterocycles. The molecule has 2 saturated carbocycles. The third kappa shape index (κ3) is 2.17. The Balaban J connectivity index is 1.84. The summed E-state index contributed by atoms with van der Waals surface area (Å²) in [5.74, 6) is 1.42. The Morgan fingerprint density at radius 1 is 1.50 bits per heavy atom. The molecular weight excluding hydrogens is 256 g/mol. The molecule has 3 rings (SSSR count). The second-order valence-corrected chi connectivity index (χ2v) is 6.57. The predicted octanol–water partition coefficient (Wildman–Crippen LogP) is 3.28. The first-order chi connectivity index (χ1) is 9.44. The van der Waals surface area contributed by atoms with Gasteiger partial charge in [-0.3, -0.25) is 10.1 Å². The molecule has 2 aliphatic rings. The monoisotopic (exact) mass is 278 g/mol. The van der Waals surface area contributed by atoms with E-state index in [2.05, 4.69) is 10.4 Å². The molecule has 0 unspecified atom stereocenters. The van der Waals surface area contributed by atoms with E-state index in [0.717, 1.165) is 12.5 Å². The zero-order valence-corrected chi connectivity index (χ0v) is 12.3. The summed E-state index contributed by atoms with van der Waals surface area (Å²) in [6.07, 6.45) is 5.17. The van der Waals surface area contributed by atoms with Crippen LogP contribution in [0.5, 0.6) is 0 Å². The topological polar surface area (TPSA) is 73.0 Å². The minimum Gasteiger partial charge on any atom is -0.364 e. The SMILES string of the molecule is Cc1nn(C(C)C)c(NCC2(C3CC3)CC2)c1[N+](=O)[O-]. The largest absolute Gasteiger partial charge is 0.364 e. The van der Waals surface area contributed by atoms with Gasteiger partial charge in [0.05, 0.1) is 4.92 Å². The van der Waals surface area contributed by atoms with Gasteiger partial charge < -0.3 is 5.32 Å². The van der Waals surface area contributed by atoms with Gasteiger partial charge in [-0.15, -0.1) is 0 Å². The van der Waals surface area contributed by atoms with E-state index >= 15 is 0 Å². The molecule has 0 aromatic carbocycles. The number of nitro groups is 1. The molecule has 20 heavy (non-hydrogen) atoms. The Bertz CT molecular complexity index is 542. The molecule has 1 N–H and O–H groups in total. The first-order valence-corrected chi connectivity index (χ1v) is 7.42. The van der Waals surface area contributed by atoms with Crippen LogP contribution in [-0.4, -0.2) is 21.2 Å². The summed E-state index contributed by atoms with van der Waals surface area (Å²) in [7, 11) is 0. The second kappa shape index (κ2) is 4.46. The van der Waals surface area contributed by atoms with E-state index in [-0.39, 0.29) is 16.7 Å². The van der Waals surface area contributed by atoms with Crippen molar-refractivity contribution in [2.45, 2.75) is 52.5 Å². The van der Waals surface area contributed by atoms with Gasteiger partial charge >= 0.3 is 5.69 Å². The highest BCUT2D eigenvalue weighted by Gasteiger charge is 2.53. The Kier molecular flexibility index (Phi) is 2.99. The fourth-order valence-electron chi connectivity index (χ4n) is 3.14. The van der Waals surface area contributed by atoms with Crippen LogP contribution in [-0.2, 0) is 0 Å². The summed E-state index contributed by atoms with van der Waals surface area (Å²) >= 11 is 0. The number of hydrogen-bond donors (Lipinski definition) is 1. The molecule has 2 fully saturated rings. The van der Waals surface area contributed by atoms with E-state index in [1.165, 1.54) is 25.7 Å². The van der Waals surface area contributed by atoms with Gasteiger partial charge in [0.15, 0.2) is 0 Å². The van der Waals surface area contributed by atoms with Gasteiger partial charge in [-0.05, 0) is 57.8 Å². The van der Waals surface area contributed by atoms with Crippen molar-refractivity contribution in [3.8, 4) is 0 Å². The van der Waals surface area contributed by atoms with E-state index < -0.39 is 0 Å². The highest BCUT2D eigenvalue weighted by atomic mass is 16.6. The third-order valence-electron chi connectivity index (χ3n) is 4.67. The zero-order chi connectivity index (χ0) is 14.5. The van der Waals surface area contributed by atoms with Crippen molar-refractivity contribution in [1.29, 1.82) is 0 Å². The lowest BCUT2D eigenvalue weighted by Crippen LogP contribution is -2.20. The fraction of sp³-hybridized carbons (Fsp3) is 0.786. The highest BCUT2D eigenvalue weighted by molar-refractivity contribution is 5.60. The van der Waals surface area contributed by atoms with Crippen LogP contribution < -0.4 is 5.32 Å². The van der Waals surface area contributed by atoms with Crippen molar-refractivity contribution in [2.24, 2.45) is 11.3 Å². The Morgan fingerprint density at radius 2 is 2.15 bits per heavy atom. The molecule has 0 aliphatic heterocycles. The lowest BCUT2D eigenvalue weighted by molar-refractivity contribution is -0.384. The van der Waals surface area contributed by atoms with Crippen molar-refractivity contribution in [3.05, 3.63) is 15.8 Å². The Hall–Kier alpha value is -1.59. The van der Waals surface area contributed by atoms with Crippen molar-refractivity contribution in [3.63, 3.8) is 0 Å². The minimum absolute atomic E-state index is 0.112. The lowest BCUT2D eigenvalue weighted by Gasteiger charge is -2.17. The standard InChI is InChI=1S/C14H22N4O2/c1-9(2)17-13(12(18(19)20)10(3)16-17)15-8-14(6-7-14)11-4-5-11/h9,11,15H,4-8H2,1-3H3. The molecule has 1 aromatic rings. The summed E-state index contributed by atoms with van der Waals surface area (Å²) in [5, 5.41) is 19.0. The predicted molar refractivity (Wildman–Crippen MR) is 76.9 cm³/mol. The van der Waals surface area contributed by atoms with Crippen LogP contribution in [0.15, 0.2) is 0 Å². The molecule has 0 spiro atoms. The summed E-state index contributed by atoms with van der Waals surface area (Å²) in [5.41, 5.74) is 1.03. The number of hydrogen-bond acceptors (Lipinski definition) is 4. The molecule has 6 nitrogen and oxygen atoms in total. The number of anilines is 1. The van der Waals surface area contributed by atoms with Gasteiger partial charge in [-0.25, -0.2) is 4.68 Å². The van der Waals surface area contributed by atoms with Crippen LogP contribution in [0.4, 0.5) is 11.5 Å². The first kappa shape index (κ1) is 13.4.